The van der Waals surface area contributed by atoms with Gasteiger partial charge in [0.2, 0.25) is 0 Å². The number of hydrogen-bond donors (Lipinski definition) is 2. The van der Waals surface area contributed by atoms with Gasteiger partial charge in [0, 0.05) is 25.9 Å². The van der Waals surface area contributed by atoms with E-state index >= 15 is 0 Å². The number of nitrogens with two attached hydrogens (primary N) is 1. The highest BCUT2D eigenvalue weighted by molar-refractivity contribution is 5.41. The van der Waals surface area contributed by atoms with Crippen molar-refractivity contribution in [3.8, 4) is 0 Å². The standard InChI is InChI=1S/C12H19N3O/c1-16-12-6-2-5-10(12)15-8-11-9(13)4-3-7-14-11/h3-4,7,10,12,15H,2,5-6,8,13H2,1H3. The van der Waals surface area contributed by atoms with Crippen molar-refractivity contribution < 1.29 is 4.74 Å². The Morgan fingerprint density at radius 3 is 3.19 bits per heavy atom. The number of pyridine rings is 1. The summed E-state index contributed by atoms with van der Waals surface area (Å²) in [6.07, 6.45) is 5.66. The summed E-state index contributed by atoms with van der Waals surface area (Å²) >= 11 is 0. The van der Waals surface area contributed by atoms with Gasteiger partial charge in [0.1, 0.15) is 0 Å². The molecular formula is C12H19N3O. The SMILES string of the molecule is COC1CCCC1NCc1ncccc1N. The van der Waals surface area contributed by atoms with Crippen LogP contribution in [0.3, 0.4) is 0 Å². The lowest BCUT2D eigenvalue weighted by Gasteiger charge is -2.19. The average Bonchev–Trinajstić information content (AvgIpc) is 2.75. The quantitative estimate of drug-likeness (QED) is 0.805. The van der Waals surface area contributed by atoms with Gasteiger partial charge in [-0.05, 0) is 31.4 Å². The summed E-state index contributed by atoms with van der Waals surface area (Å²) in [5, 5.41) is 3.47. The number of nitrogen functional groups attached to an aromatic ring is 1. The van der Waals surface area contributed by atoms with Crippen LogP contribution in [-0.2, 0) is 11.3 Å². The van der Waals surface area contributed by atoms with E-state index < -0.39 is 0 Å². The van der Waals surface area contributed by atoms with Gasteiger partial charge >= 0.3 is 0 Å². The number of aromatic nitrogens is 1. The molecule has 4 nitrogen and oxygen atoms in total. The number of methoxy groups -OCH3 is 1. The van der Waals surface area contributed by atoms with E-state index in [1.54, 1.807) is 13.3 Å². The Labute approximate surface area is 96.2 Å². The molecule has 0 radical (unpaired) electrons. The van der Waals surface area contributed by atoms with Gasteiger partial charge in [-0.1, -0.05) is 0 Å². The molecule has 4 heteroatoms. The Morgan fingerprint density at radius 2 is 2.44 bits per heavy atom. The molecule has 1 heterocycles. The van der Waals surface area contributed by atoms with Crippen LogP contribution in [0.2, 0.25) is 0 Å². The molecule has 0 saturated heterocycles. The van der Waals surface area contributed by atoms with Gasteiger partial charge in [0.05, 0.1) is 17.5 Å². The molecular weight excluding hydrogens is 202 g/mol. The van der Waals surface area contributed by atoms with E-state index in [0.29, 0.717) is 12.1 Å². The first-order chi connectivity index (χ1) is 7.81. The largest absolute Gasteiger partial charge is 0.397 e. The van der Waals surface area contributed by atoms with Crippen molar-refractivity contribution in [3.05, 3.63) is 24.0 Å². The van der Waals surface area contributed by atoms with E-state index in [2.05, 4.69) is 10.3 Å². The Morgan fingerprint density at radius 1 is 1.56 bits per heavy atom. The fraction of sp³-hybridized carbons (Fsp3) is 0.583. The normalized spacial score (nSPS) is 24.8. The predicted molar refractivity (Wildman–Crippen MR) is 63.9 cm³/mol. The minimum Gasteiger partial charge on any atom is -0.397 e. The maximum atomic E-state index is 5.84. The fourth-order valence-electron chi connectivity index (χ4n) is 2.27. The summed E-state index contributed by atoms with van der Waals surface area (Å²) < 4.78 is 5.43. The van der Waals surface area contributed by atoms with Crippen molar-refractivity contribution in [1.29, 1.82) is 0 Å². The molecule has 0 aromatic carbocycles. The minimum absolute atomic E-state index is 0.338. The molecule has 1 aliphatic rings. The molecule has 1 aliphatic carbocycles. The molecule has 1 fully saturated rings. The smallest absolute Gasteiger partial charge is 0.0770 e. The van der Waals surface area contributed by atoms with Crippen LogP contribution >= 0.6 is 0 Å². The monoisotopic (exact) mass is 221 g/mol. The van der Waals surface area contributed by atoms with Crippen LogP contribution in [0.4, 0.5) is 5.69 Å². The minimum atomic E-state index is 0.338. The summed E-state index contributed by atoms with van der Waals surface area (Å²) in [5.74, 6) is 0. The van der Waals surface area contributed by atoms with E-state index in [4.69, 9.17) is 10.5 Å². The molecule has 1 aromatic rings. The van der Waals surface area contributed by atoms with Crippen LogP contribution < -0.4 is 11.1 Å². The highest BCUT2D eigenvalue weighted by atomic mass is 16.5. The van der Waals surface area contributed by atoms with Gasteiger partial charge < -0.3 is 15.8 Å². The highest BCUT2D eigenvalue weighted by Gasteiger charge is 2.26. The van der Waals surface area contributed by atoms with Gasteiger partial charge in [0.15, 0.2) is 0 Å². The Bertz CT molecular complexity index is 343. The lowest BCUT2D eigenvalue weighted by molar-refractivity contribution is 0.0846. The van der Waals surface area contributed by atoms with Crippen LogP contribution in [-0.4, -0.2) is 24.2 Å². The number of rotatable bonds is 4. The molecule has 16 heavy (non-hydrogen) atoms. The van der Waals surface area contributed by atoms with Gasteiger partial charge in [-0.15, -0.1) is 0 Å². The van der Waals surface area contributed by atoms with Gasteiger partial charge in [-0.25, -0.2) is 0 Å². The van der Waals surface area contributed by atoms with Gasteiger partial charge in [-0.2, -0.15) is 0 Å². The second kappa shape index (κ2) is 5.27. The van der Waals surface area contributed by atoms with Crippen molar-refractivity contribution in [2.75, 3.05) is 12.8 Å². The molecule has 3 N–H and O–H groups in total. The zero-order valence-electron chi connectivity index (χ0n) is 9.65. The lowest BCUT2D eigenvalue weighted by Crippen LogP contribution is -2.36. The summed E-state index contributed by atoms with van der Waals surface area (Å²) in [6, 6.07) is 4.17. The molecule has 0 aliphatic heterocycles. The summed E-state index contributed by atoms with van der Waals surface area (Å²) in [4.78, 5) is 4.26. The fourth-order valence-corrected chi connectivity index (χ4v) is 2.27. The molecule has 0 spiro atoms. The van der Waals surface area contributed by atoms with Crippen molar-refractivity contribution in [2.24, 2.45) is 0 Å². The Kier molecular flexibility index (Phi) is 3.74. The summed E-state index contributed by atoms with van der Waals surface area (Å²) in [7, 11) is 1.78. The third-order valence-electron chi connectivity index (χ3n) is 3.21. The van der Waals surface area contributed by atoms with E-state index in [1.165, 1.54) is 12.8 Å². The zero-order chi connectivity index (χ0) is 11.4. The van der Waals surface area contributed by atoms with E-state index in [-0.39, 0.29) is 0 Å². The summed E-state index contributed by atoms with van der Waals surface area (Å²) in [5.41, 5.74) is 7.51. The van der Waals surface area contributed by atoms with Crippen LogP contribution in [0.5, 0.6) is 0 Å². The third kappa shape index (κ3) is 2.51. The Balaban J connectivity index is 1.90. The molecule has 2 atom stereocenters. The van der Waals surface area contributed by atoms with E-state index in [9.17, 15) is 0 Å². The molecule has 2 unspecified atom stereocenters. The summed E-state index contributed by atoms with van der Waals surface area (Å²) in [6.45, 7) is 0.719. The van der Waals surface area contributed by atoms with Crippen molar-refractivity contribution in [3.63, 3.8) is 0 Å². The highest BCUT2D eigenvalue weighted by Crippen LogP contribution is 2.22. The Hall–Kier alpha value is -1.13. The van der Waals surface area contributed by atoms with Gasteiger partial charge in [0.25, 0.3) is 0 Å². The molecule has 1 saturated carbocycles. The first kappa shape index (κ1) is 11.4. The van der Waals surface area contributed by atoms with Crippen molar-refractivity contribution >= 4 is 5.69 Å². The molecule has 88 valence electrons. The second-order valence-electron chi connectivity index (χ2n) is 4.23. The van der Waals surface area contributed by atoms with Crippen LogP contribution in [0.1, 0.15) is 25.0 Å². The van der Waals surface area contributed by atoms with Crippen LogP contribution in [0.25, 0.3) is 0 Å². The maximum absolute atomic E-state index is 5.84. The number of ether oxygens (including phenoxy) is 1. The molecule has 2 rings (SSSR count). The number of nitrogens with zero attached hydrogens (tertiary/aromatic N) is 1. The van der Waals surface area contributed by atoms with Crippen molar-refractivity contribution in [2.45, 2.75) is 38.0 Å². The first-order valence-electron chi connectivity index (χ1n) is 5.77. The molecule has 0 amide bonds. The third-order valence-corrected chi connectivity index (χ3v) is 3.21. The molecule has 1 aromatic heterocycles. The van der Waals surface area contributed by atoms with E-state index in [0.717, 1.165) is 24.3 Å². The molecule has 0 bridgehead atoms. The first-order valence-corrected chi connectivity index (χ1v) is 5.77. The maximum Gasteiger partial charge on any atom is 0.0770 e. The topological polar surface area (TPSA) is 60.2 Å². The van der Waals surface area contributed by atoms with E-state index in [1.807, 2.05) is 12.1 Å². The average molecular weight is 221 g/mol. The van der Waals surface area contributed by atoms with Crippen molar-refractivity contribution in [1.82, 2.24) is 10.3 Å². The van der Waals surface area contributed by atoms with Crippen LogP contribution in [0.15, 0.2) is 18.3 Å². The second-order valence-corrected chi connectivity index (χ2v) is 4.23. The zero-order valence-corrected chi connectivity index (χ0v) is 9.65. The number of anilines is 1. The predicted octanol–water partition coefficient (Wildman–Crippen LogP) is 1.32. The number of nitrogens with one attached hydrogen (secondary N) is 1. The van der Waals surface area contributed by atoms with Crippen LogP contribution in [0, 0.1) is 0 Å². The lowest BCUT2D eigenvalue weighted by atomic mass is 10.2. The number of hydrogen-bond acceptors (Lipinski definition) is 4. The van der Waals surface area contributed by atoms with Gasteiger partial charge in [-0.3, -0.25) is 4.98 Å².